The average Bonchev–Trinajstić information content (AvgIpc) is 3.14. The molecule has 0 N–H and O–H groups in total. The van der Waals surface area contributed by atoms with Crippen LogP contribution in [0.1, 0.15) is 50.4 Å². The predicted molar refractivity (Wildman–Crippen MR) is 81.3 cm³/mol. The van der Waals surface area contributed by atoms with Crippen LogP contribution in [0, 0.1) is 5.92 Å². The van der Waals surface area contributed by atoms with Gasteiger partial charge in [-0.2, -0.15) is 0 Å². The molecule has 0 radical (unpaired) electrons. The maximum atomic E-state index is 11.4. The summed E-state index contributed by atoms with van der Waals surface area (Å²) in [6.45, 7) is 7.10. The van der Waals surface area contributed by atoms with Crippen LogP contribution in [-0.2, 0) is 0 Å². The number of halogens is 1. The molecule has 3 heteroatoms. The van der Waals surface area contributed by atoms with Crippen LogP contribution in [0.3, 0.4) is 0 Å². The zero-order valence-electron chi connectivity index (χ0n) is 11.9. The van der Waals surface area contributed by atoms with Crippen molar-refractivity contribution in [1.29, 1.82) is 0 Å². The fourth-order valence-electron chi connectivity index (χ4n) is 2.24. The molecule has 0 aromatic heterocycles. The number of rotatable bonds is 6. The summed E-state index contributed by atoms with van der Waals surface area (Å²) >= 11 is 6.36. The highest BCUT2D eigenvalue weighted by Gasteiger charge is 2.30. The van der Waals surface area contributed by atoms with E-state index in [1.54, 1.807) is 13.0 Å². The Morgan fingerprint density at radius 1 is 1.42 bits per heavy atom. The molecule has 0 spiro atoms. The van der Waals surface area contributed by atoms with Crippen LogP contribution in [0.25, 0.3) is 0 Å². The Morgan fingerprint density at radius 3 is 2.58 bits per heavy atom. The lowest BCUT2D eigenvalue weighted by Gasteiger charge is -2.26. The van der Waals surface area contributed by atoms with Gasteiger partial charge in [-0.1, -0.05) is 25.4 Å². The topological polar surface area (TPSA) is 20.3 Å². The summed E-state index contributed by atoms with van der Waals surface area (Å²) in [7, 11) is 0. The van der Waals surface area contributed by atoms with Gasteiger partial charge in [0.05, 0.1) is 10.7 Å². The van der Waals surface area contributed by atoms with Gasteiger partial charge < -0.3 is 4.90 Å². The van der Waals surface area contributed by atoms with E-state index in [0.29, 0.717) is 22.5 Å². The summed E-state index contributed by atoms with van der Waals surface area (Å²) < 4.78 is 0. The van der Waals surface area contributed by atoms with Crippen molar-refractivity contribution in [2.75, 3.05) is 11.4 Å². The van der Waals surface area contributed by atoms with Crippen LogP contribution < -0.4 is 4.90 Å². The van der Waals surface area contributed by atoms with E-state index in [9.17, 15) is 4.79 Å². The summed E-state index contributed by atoms with van der Waals surface area (Å²) in [5.74, 6) is 0.755. The third-order valence-corrected chi connectivity index (χ3v) is 3.90. The molecule has 19 heavy (non-hydrogen) atoms. The molecule has 104 valence electrons. The Hall–Kier alpha value is -1.02. The predicted octanol–water partition coefficient (Wildman–Crippen LogP) is 4.56. The summed E-state index contributed by atoms with van der Waals surface area (Å²) in [6.07, 6.45) is 3.67. The SMILES string of the molecule is CC(=O)c1ccc(N(CCC(C)C)C2CC2)c(Cl)c1. The monoisotopic (exact) mass is 279 g/mol. The van der Waals surface area contributed by atoms with E-state index < -0.39 is 0 Å². The van der Waals surface area contributed by atoms with Gasteiger partial charge >= 0.3 is 0 Å². The second-order valence-corrected chi connectivity index (χ2v) is 6.24. The largest absolute Gasteiger partial charge is 0.367 e. The number of hydrogen-bond acceptors (Lipinski definition) is 2. The summed E-state index contributed by atoms with van der Waals surface area (Å²) in [5, 5.41) is 0.698. The van der Waals surface area contributed by atoms with E-state index in [1.807, 2.05) is 12.1 Å². The summed E-state index contributed by atoms with van der Waals surface area (Å²) in [4.78, 5) is 13.8. The minimum absolute atomic E-state index is 0.0635. The highest BCUT2D eigenvalue weighted by atomic mass is 35.5. The molecule has 1 aromatic rings. The molecule has 0 atom stereocenters. The molecule has 0 unspecified atom stereocenters. The molecule has 1 saturated carbocycles. The molecule has 0 heterocycles. The van der Waals surface area contributed by atoms with E-state index >= 15 is 0 Å². The molecule has 2 rings (SSSR count). The van der Waals surface area contributed by atoms with Crippen LogP contribution >= 0.6 is 11.6 Å². The van der Waals surface area contributed by atoms with Gasteiger partial charge in [0.25, 0.3) is 0 Å². The number of nitrogens with zero attached hydrogens (tertiary/aromatic N) is 1. The smallest absolute Gasteiger partial charge is 0.159 e. The first-order chi connectivity index (χ1) is 8.99. The fourth-order valence-corrected chi connectivity index (χ4v) is 2.53. The number of ketones is 1. The van der Waals surface area contributed by atoms with Crippen LogP contribution in [0.5, 0.6) is 0 Å². The van der Waals surface area contributed by atoms with Crippen LogP contribution in [0.2, 0.25) is 5.02 Å². The zero-order chi connectivity index (χ0) is 14.0. The molecule has 0 amide bonds. The van der Waals surface area contributed by atoms with Crippen LogP contribution in [-0.4, -0.2) is 18.4 Å². The van der Waals surface area contributed by atoms with Gasteiger partial charge in [-0.3, -0.25) is 4.79 Å². The molecule has 1 aliphatic carbocycles. The maximum Gasteiger partial charge on any atom is 0.159 e. The Bertz CT molecular complexity index is 466. The molecule has 1 aliphatic rings. The van der Waals surface area contributed by atoms with Crippen molar-refractivity contribution >= 4 is 23.1 Å². The lowest BCUT2D eigenvalue weighted by Crippen LogP contribution is -2.28. The second kappa shape index (κ2) is 5.96. The number of benzene rings is 1. The lowest BCUT2D eigenvalue weighted by molar-refractivity contribution is 0.101. The highest BCUT2D eigenvalue weighted by molar-refractivity contribution is 6.33. The molecule has 1 aromatic carbocycles. The van der Waals surface area contributed by atoms with Crippen molar-refractivity contribution in [3.8, 4) is 0 Å². The van der Waals surface area contributed by atoms with Gasteiger partial charge in [0.2, 0.25) is 0 Å². The number of anilines is 1. The third-order valence-electron chi connectivity index (χ3n) is 3.60. The van der Waals surface area contributed by atoms with E-state index in [-0.39, 0.29) is 5.78 Å². The quantitative estimate of drug-likeness (QED) is 0.712. The maximum absolute atomic E-state index is 11.4. The Morgan fingerprint density at radius 2 is 2.11 bits per heavy atom. The Kier molecular flexibility index (Phi) is 4.51. The number of Topliss-reactive ketones (excluding diaryl/α,β-unsaturated/α-hetero) is 1. The fraction of sp³-hybridized carbons (Fsp3) is 0.562. The van der Waals surface area contributed by atoms with Gasteiger partial charge in [-0.05, 0) is 50.3 Å². The molecular formula is C16H22ClNO. The number of hydrogen-bond donors (Lipinski definition) is 0. The minimum Gasteiger partial charge on any atom is -0.367 e. The van der Waals surface area contributed by atoms with Gasteiger partial charge in [0.1, 0.15) is 0 Å². The molecule has 0 aliphatic heterocycles. The number of carbonyl (C=O) groups is 1. The lowest BCUT2D eigenvalue weighted by atomic mass is 10.1. The molecular weight excluding hydrogens is 258 g/mol. The van der Waals surface area contributed by atoms with E-state index in [4.69, 9.17) is 11.6 Å². The van der Waals surface area contributed by atoms with Crippen molar-refractivity contribution in [3.63, 3.8) is 0 Å². The third kappa shape index (κ3) is 3.73. The average molecular weight is 280 g/mol. The van der Waals surface area contributed by atoms with Crippen molar-refractivity contribution in [3.05, 3.63) is 28.8 Å². The highest BCUT2D eigenvalue weighted by Crippen LogP contribution is 2.36. The first-order valence-corrected chi connectivity index (χ1v) is 7.44. The van der Waals surface area contributed by atoms with E-state index in [2.05, 4.69) is 18.7 Å². The van der Waals surface area contributed by atoms with Gasteiger partial charge in [-0.15, -0.1) is 0 Å². The van der Waals surface area contributed by atoms with Crippen molar-refractivity contribution in [2.24, 2.45) is 5.92 Å². The normalized spacial score (nSPS) is 14.8. The van der Waals surface area contributed by atoms with E-state index in [0.717, 1.165) is 12.2 Å². The van der Waals surface area contributed by atoms with Gasteiger partial charge in [0.15, 0.2) is 5.78 Å². The molecule has 2 nitrogen and oxygen atoms in total. The Balaban J connectivity index is 2.19. The van der Waals surface area contributed by atoms with Crippen molar-refractivity contribution < 1.29 is 4.79 Å². The van der Waals surface area contributed by atoms with Gasteiger partial charge in [0, 0.05) is 18.2 Å². The molecule has 0 saturated heterocycles. The van der Waals surface area contributed by atoms with Crippen LogP contribution in [0.15, 0.2) is 18.2 Å². The van der Waals surface area contributed by atoms with Crippen molar-refractivity contribution in [2.45, 2.75) is 46.1 Å². The van der Waals surface area contributed by atoms with Crippen LogP contribution in [0.4, 0.5) is 5.69 Å². The first kappa shape index (κ1) is 14.4. The molecule has 1 fully saturated rings. The second-order valence-electron chi connectivity index (χ2n) is 5.83. The summed E-state index contributed by atoms with van der Waals surface area (Å²) in [6, 6.07) is 6.31. The van der Waals surface area contributed by atoms with Gasteiger partial charge in [-0.25, -0.2) is 0 Å². The standard InChI is InChI=1S/C16H22ClNO/c1-11(2)8-9-18(14-5-6-14)16-7-4-13(12(3)19)10-15(16)17/h4,7,10-11,14H,5-6,8-9H2,1-3H3. The van der Waals surface area contributed by atoms with E-state index in [1.165, 1.54) is 19.3 Å². The zero-order valence-corrected chi connectivity index (χ0v) is 12.7. The molecule has 0 bridgehead atoms. The number of carbonyl (C=O) groups excluding carboxylic acids is 1. The van der Waals surface area contributed by atoms with Crippen molar-refractivity contribution in [1.82, 2.24) is 0 Å². The summed E-state index contributed by atoms with van der Waals surface area (Å²) in [5.41, 5.74) is 1.77. The first-order valence-electron chi connectivity index (χ1n) is 7.06. The Labute approximate surface area is 120 Å². The minimum atomic E-state index is 0.0635.